The quantitative estimate of drug-likeness (QED) is 0.229. The number of aromatic hydroxyl groups is 1. The van der Waals surface area contributed by atoms with Crippen LogP contribution in [0.1, 0.15) is 29.9 Å². The highest BCUT2D eigenvalue weighted by Crippen LogP contribution is 2.66. The van der Waals surface area contributed by atoms with Gasteiger partial charge in [-0.3, -0.25) is 24.1 Å². The number of phenolic OH excluding ortho intramolecular Hbond substituents is 1. The molecule has 6 atom stereocenters. The van der Waals surface area contributed by atoms with E-state index in [1.807, 2.05) is 30.3 Å². The highest BCUT2D eigenvalue weighted by molar-refractivity contribution is 6.58. The van der Waals surface area contributed by atoms with E-state index in [2.05, 4.69) is 0 Å². The van der Waals surface area contributed by atoms with E-state index in [0.717, 1.165) is 22.6 Å². The minimum Gasteiger partial charge on any atom is -0.508 e. The molecular formula is C34H27Cl2FN2O6. The maximum atomic E-state index is 14.4. The lowest BCUT2D eigenvalue weighted by Crippen LogP contribution is -2.60. The summed E-state index contributed by atoms with van der Waals surface area (Å²) in [5, 5.41) is 11.2. The highest BCUT2D eigenvalue weighted by Gasteiger charge is 2.76. The Hall–Kier alpha value is -4.21. The SMILES string of the molecule is COc1ccc([C@H]2C3=CC[C@@H]4C(=O)N(Cc5ccccc5)C(=O)[C@@H]4[C@@H]3C[C@@]3(Cl)C(=O)N(c4ccc(F)cc4)C(=O)[C@@]23Cl)c(O)c1. The summed E-state index contributed by atoms with van der Waals surface area (Å²) in [4.78, 5) is 54.3. The summed E-state index contributed by atoms with van der Waals surface area (Å²) in [6.07, 6.45) is 1.79. The van der Waals surface area contributed by atoms with E-state index in [1.54, 1.807) is 18.2 Å². The number of halogens is 3. The molecule has 1 N–H and O–H groups in total. The van der Waals surface area contributed by atoms with Crippen molar-refractivity contribution in [3.63, 3.8) is 0 Å². The van der Waals surface area contributed by atoms with Crippen LogP contribution in [-0.4, -0.2) is 50.5 Å². The van der Waals surface area contributed by atoms with Gasteiger partial charge >= 0.3 is 0 Å². The van der Waals surface area contributed by atoms with Gasteiger partial charge in [0, 0.05) is 17.5 Å². The summed E-state index contributed by atoms with van der Waals surface area (Å²) < 4.78 is 19.1. The molecule has 4 amide bonds. The molecule has 2 heterocycles. The lowest BCUT2D eigenvalue weighted by molar-refractivity contribution is -0.141. The predicted octanol–water partition coefficient (Wildman–Crippen LogP) is 5.30. The molecule has 0 unspecified atom stereocenters. The predicted molar refractivity (Wildman–Crippen MR) is 163 cm³/mol. The van der Waals surface area contributed by atoms with Gasteiger partial charge < -0.3 is 9.84 Å². The van der Waals surface area contributed by atoms with Crippen molar-refractivity contribution in [2.24, 2.45) is 17.8 Å². The summed E-state index contributed by atoms with van der Waals surface area (Å²) in [5.41, 5.74) is 1.63. The maximum Gasteiger partial charge on any atom is 0.258 e. The number of anilines is 1. The largest absolute Gasteiger partial charge is 0.508 e. The van der Waals surface area contributed by atoms with Gasteiger partial charge in [0.2, 0.25) is 11.8 Å². The smallest absolute Gasteiger partial charge is 0.258 e. The normalized spacial score (nSPS) is 30.6. The van der Waals surface area contributed by atoms with E-state index in [4.69, 9.17) is 27.9 Å². The highest BCUT2D eigenvalue weighted by atomic mass is 35.5. The van der Waals surface area contributed by atoms with Crippen LogP contribution < -0.4 is 9.64 Å². The minimum atomic E-state index is -2.14. The number of hydrogen-bond donors (Lipinski definition) is 1. The molecule has 0 spiro atoms. The standard InChI is InChI=1S/C34H27Cl2FN2O6/c1-45-21-11-12-23(26(40)15-21)28-22-13-14-24-27(30(42)38(29(24)41)17-18-5-3-2-4-6-18)25(22)16-33(35)31(43)39(32(44)34(28,33)36)20-9-7-19(37)8-10-20/h2-13,15,24-25,27-28,40H,14,16-17H2,1H3/t24-,25+,27-,28+,33+,34-/m0/s1. The summed E-state index contributed by atoms with van der Waals surface area (Å²) in [7, 11) is 1.44. The first-order chi connectivity index (χ1) is 21.5. The number of likely N-dealkylation sites (tertiary alicyclic amines) is 1. The zero-order valence-corrected chi connectivity index (χ0v) is 25.5. The number of benzene rings is 3. The number of rotatable bonds is 5. The number of fused-ring (bicyclic) bond motifs is 4. The van der Waals surface area contributed by atoms with E-state index < -0.39 is 57.0 Å². The summed E-state index contributed by atoms with van der Waals surface area (Å²) >= 11 is 14.7. The molecule has 0 bridgehead atoms. The Morgan fingerprint density at radius 3 is 2.31 bits per heavy atom. The number of carbonyl (C=O) groups is 4. The van der Waals surface area contributed by atoms with E-state index in [0.29, 0.717) is 11.3 Å². The number of methoxy groups -OCH3 is 1. The zero-order chi connectivity index (χ0) is 31.8. The Labute approximate surface area is 268 Å². The maximum absolute atomic E-state index is 14.4. The Kier molecular flexibility index (Phi) is 6.83. The van der Waals surface area contributed by atoms with Crippen LogP contribution in [0.2, 0.25) is 0 Å². The summed E-state index contributed by atoms with van der Waals surface area (Å²) in [6, 6.07) is 18.5. The number of alkyl halides is 2. The number of phenols is 1. The topological polar surface area (TPSA) is 104 Å². The van der Waals surface area contributed by atoms with Crippen molar-refractivity contribution in [2.75, 3.05) is 12.0 Å². The van der Waals surface area contributed by atoms with E-state index >= 15 is 0 Å². The average Bonchev–Trinajstić information content (AvgIpc) is 3.36. The molecule has 11 heteroatoms. The number of imide groups is 2. The molecule has 2 aliphatic heterocycles. The van der Waals surface area contributed by atoms with Gasteiger partial charge in [0.1, 0.15) is 17.3 Å². The Morgan fingerprint density at radius 1 is 0.933 bits per heavy atom. The van der Waals surface area contributed by atoms with Crippen molar-refractivity contribution in [1.29, 1.82) is 0 Å². The van der Waals surface area contributed by atoms with Gasteiger partial charge in [0.05, 0.1) is 31.2 Å². The fourth-order valence-electron chi connectivity index (χ4n) is 7.63. The molecule has 1 saturated carbocycles. The molecule has 3 aromatic carbocycles. The second-order valence-electron chi connectivity index (χ2n) is 11.9. The molecule has 7 rings (SSSR count). The number of carbonyl (C=O) groups excluding carboxylic acids is 4. The third-order valence-corrected chi connectivity index (χ3v) is 11.1. The fraction of sp³-hybridized carbons (Fsp3) is 0.294. The van der Waals surface area contributed by atoms with Crippen LogP contribution in [0.5, 0.6) is 11.5 Å². The molecule has 0 radical (unpaired) electrons. The first kappa shape index (κ1) is 29.5. The third kappa shape index (κ3) is 4.10. The molecule has 3 fully saturated rings. The third-order valence-electron chi connectivity index (χ3n) is 9.72. The van der Waals surface area contributed by atoms with Crippen LogP contribution >= 0.6 is 23.2 Å². The lowest BCUT2D eigenvalue weighted by atomic mass is 9.56. The summed E-state index contributed by atoms with van der Waals surface area (Å²) in [6.45, 7) is 0.0947. The molecule has 2 aliphatic carbocycles. The monoisotopic (exact) mass is 648 g/mol. The van der Waals surface area contributed by atoms with E-state index in [1.165, 1.54) is 30.2 Å². The van der Waals surface area contributed by atoms with Crippen LogP contribution in [0.4, 0.5) is 10.1 Å². The number of ether oxygens (including phenoxy) is 1. The molecule has 3 aromatic rings. The van der Waals surface area contributed by atoms with Crippen LogP contribution in [0, 0.1) is 23.6 Å². The number of amides is 4. The Balaban J connectivity index is 1.38. The number of nitrogens with zero attached hydrogens (tertiary/aromatic N) is 2. The zero-order valence-electron chi connectivity index (χ0n) is 24.0. The fourth-order valence-corrected chi connectivity index (χ4v) is 8.55. The van der Waals surface area contributed by atoms with Crippen LogP contribution in [0.25, 0.3) is 0 Å². The van der Waals surface area contributed by atoms with Gasteiger partial charge in [-0.15, -0.1) is 23.2 Å². The van der Waals surface area contributed by atoms with E-state index in [9.17, 15) is 28.7 Å². The first-order valence-corrected chi connectivity index (χ1v) is 15.2. The van der Waals surface area contributed by atoms with Gasteiger partial charge in [-0.05, 0) is 54.7 Å². The Morgan fingerprint density at radius 2 is 1.64 bits per heavy atom. The molecule has 0 aromatic heterocycles. The van der Waals surface area contributed by atoms with Crippen LogP contribution in [0.15, 0.2) is 84.4 Å². The van der Waals surface area contributed by atoms with Crippen molar-refractivity contribution in [1.82, 2.24) is 4.90 Å². The number of allylic oxidation sites excluding steroid dienone is 2. The molecule has 8 nitrogen and oxygen atoms in total. The van der Waals surface area contributed by atoms with Crippen molar-refractivity contribution in [3.8, 4) is 11.5 Å². The van der Waals surface area contributed by atoms with Gasteiger partial charge in [0.25, 0.3) is 11.8 Å². The van der Waals surface area contributed by atoms with Gasteiger partial charge in [0.15, 0.2) is 9.75 Å². The minimum absolute atomic E-state index is 0.0783. The first-order valence-electron chi connectivity index (χ1n) is 14.5. The van der Waals surface area contributed by atoms with Crippen molar-refractivity contribution >= 4 is 52.5 Å². The molecular weight excluding hydrogens is 622 g/mol. The number of hydrogen-bond acceptors (Lipinski definition) is 6. The lowest BCUT2D eigenvalue weighted by Gasteiger charge is -2.50. The molecule has 4 aliphatic rings. The van der Waals surface area contributed by atoms with Gasteiger partial charge in [-0.1, -0.05) is 48.0 Å². The van der Waals surface area contributed by atoms with Crippen molar-refractivity contribution in [2.45, 2.75) is 35.1 Å². The van der Waals surface area contributed by atoms with Gasteiger partial charge in [-0.25, -0.2) is 9.29 Å². The van der Waals surface area contributed by atoms with E-state index in [-0.39, 0.29) is 42.3 Å². The summed E-state index contributed by atoms with van der Waals surface area (Å²) in [5.74, 6) is -6.30. The molecule has 2 saturated heterocycles. The van der Waals surface area contributed by atoms with Crippen molar-refractivity contribution < 1.29 is 33.4 Å². The Bertz CT molecular complexity index is 1800. The van der Waals surface area contributed by atoms with Crippen molar-refractivity contribution in [3.05, 3.63) is 101 Å². The average molecular weight is 650 g/mol. The second-order valence-corrected chi connectivity index (χ2v) is 13.2. The molecule has 230 valence electrons. The van der Waals surface area contributed by atoms with Crippen LogP contribution in [0.3, 0.4) is 0 Å². The van der Waals surface area contributed by atoms with Gasteiger partial charge in [-0.2, -0.15) is 0 Å². The van der Waals surface area contributed by atoms with Crippen LogP contribution in [-0.2, 0) is 25.7 Å². The second kappa shape index (κ2) is 10.4. The molecule has 45 heavy (non-hydrogen) atoms.